The fraction of sp³-hybridized carbons (Fsp3) is 0.412. The van der Waals surface area contributed by atoms with Gasteiger partial charge in [0, 0.05) is 23.5 Å². The summed E-state index contributed by atoms with van der Waals surface area (Å²) in [6.07, 6.45) is 2.28. The lowest BCUT2D eigenvalue weighted by Gasteiger charge is -2.18. The lowest BCUT2D eigenvalue weighted by Crippen LogP contribution is -2.41. The van der Waals surface area contributed by atoms with E-state index < -0.39 is 0 Å². The van der Waals surface area contributed by atoms with Crippen molar-refractivity contribution in [2.24, 2.45) is 11.7 Å². The molecule has 1 aromatic carbocycles. The molecule has 1 aliphatic carbocycles. The molecular weight excluding hydrogens is 397 g/mol. The number of amides is 1. The second-order valence-electron chi connectivity index (χ2n) is 6.05. The zero-order chi connectivity index (χ0) is 16.5. The third-order valence-corrected chi connectivity index (χ3v) is 5.18. The van der Waals surface area contributed by atoms with Gasteiger partial charge in [-0.05, 0) is 37.0 Å². The number of carbonyl (C=O) groups is 1. The lowest BCUT2D eigenvalue weighted by molar-refractivity contribution is 0.0929. The average Bonchev–Trinajstić information content (AvgIpc) is 3.34. The second kappa shape index (κ2) is 8.90. The monoisotopic (exact) mass is 417 g/mol. The molecule has 9 heteroatoms. The van der Waals surface area contributed by atoms with Crippen LogP contribution in [-0.4, -0.2) is 36.7 Å². The summed E-state index contributed by atoms with van der Waals surface area (Å²) in [7, 11) is 0. The molecule has 3 N–H and O–H groups in total. The predicted octanol–water partition coefficient (Wildman–Crippen LogP) is 2.89. The minimum Gasteiger partial charge on any atom is -0.486 e. The number of hydrogen-bond acceptors (Lipinski definition) is 6. The Labute approximate surface area is 168 Å². The summed E-state index contributed by atoms with van der Waals surface area (Å²) in [6, 6.07) is 5.77. The van der Waals surface area contributed by atoms with Crippen LogP contribution < -0.4 is 20.5 Å². The SMILES string of the molecule is Cl.Cl.NCC(NC(=O)c1csc(-c2ccc3c(c2)OCCO3)n1)C1CC1. The fourth-order valence-electron chi connectivity index (χ4n) is 2.80. The van der Waals surface area contributed by atoms with E-state index in [0.717, 1.165) is 34.9 Å². The highest BCUT2D eigenvalue weighted by atomic mass is 35.5. The van der Waals surface area contributed by atoms with Crippen molar-refractivity contribution in [2.75, 3.05) is 19.8 Å². The summed E-state index contributed by atoms with van der Waals surface area (Å²) < 4.78 is 11.1. The number of nitrogens with zero attached hydrogens (tertiary/aromatic N) is 1. The van der Waals surface area contributed by atoms with Crippen molar-refractivity contribution < 1.29 is 14.3 Å². The number of fused-ring (bicyclic) bond motifs is 1. The molecule has 6 nitrogen and oxygen atoms in total. The van der Waals surface area contributed by atoms with Crippen LogP contribution in [0, 0.1) is 5.92 Å². The van der Waals surface area contributed by atoms with Gasteiger partial charge in [0.05, 0.1) is 0 Å². The molecule has 26 heavy (non-hydrogen) atoms. The summed E-state index contributed by atoms with van der Waals surface area (Å²) >= 11 is 1.44. The van der Waals surface area contributed by atoms with Crippen molar-refractivity contribution >= 4 is 42.1 Å². The summed E-state index contributed by atoms with van der Waals surface area (Å²) in [4.78, 5) is 16.8. The topological polar surface area (TPSA) is 86.5 Å². The molecule has 1 amide bonds. The first-order valence-corrected chi connectivity index (χ1v) is 8.99. The third kappa shape index (κ3) is 4.40. The summed E-state index contributed by atoms with van der Waals surface area (Å²) in [5.41, 5.74) is 7.09. The minimum atomic E-state index is -0.155. The molecule has 1 atom stereocenters. The number of aromatic nitrogens is 1. The molecule has 1 fully saturated rings. The van der Waals surface area contributed by atoms with Gasteiger partial charge in [0.25, 0.3) is 5.91 Å². The van der Waals surface area contributed by atoms with E-state index >= 15 is 0 Å². The Hall–Kier alpha value is -1.54. The summed E-state index contributed by atoms with van der Waals surface area (Å²) in [5, 5.41) is 5.56. The zero-order valence-electron chi connectivity index (χ0n) is 14.0. The maximum absolute atomic E-state index is 12.4. The van der Waals surface area contributed by atoms with Gasteiger partial charge >= 0.3 is 0 Å². The van der Waals surface area contributed by atoms with E-state index in [1.165, 1.54) is 11.3 Å². The highest BCUT2D eigenvalue weighted by molar-refractivity contribution is 7.13. The molecule has 1 unspecified atom stereocenters. The van der Waals surface area contributed by atoms with Gasteiger partial charge in [-0.3, -0.25) is 4.79 Å². The number of carbonyl (C=O) groups excluding carboxylic acids is 1. The van der Waals surface area contributed by atoms with Crippen molar-refractivity contribution in [3.05, 3.63) is 29.3 Å². The largest absolute Gasteiger partial charge is 0.486 e. The van der Waals surface area contributed by atoms with Gasteiger partial charge in [-0.25, -0.2) is 4.98 Å². The average molecular weight is 418 g/mol. The third-order valence-electron chi connectivity index (χ3n) is 4.29. The van der Waals surface area contributed by atoms with Gasteiger partial charge in [0.15, 0.2) is 11.5 Å². The molecular formula is C17H21Cl2N3O3S. The Morgan fingerprint density at radius 2 is 2.00 bits per heavy atom. The molecule has 1 saturated carbocycles. The van der Waals surface area contributed by atoms with E-state index in [-0.39, 0.29) is 36.8 Å². The molecule has 2 aromatic rings. The van der Waals surface area contributed by atoms with Crippen LogP contribution in [0.3, 0.4) is 0 Å². The van der Waals surface area contributed by atoms with Gasteiger partial charge in [0.2, 0.25) is 0 Å². The Morgan fingerprint density at radius 3 is 2.69 bits per heavy atom. The number of ether oxygens (including phenoxy) is 2. The van der Waals surface area contributed by atoms with E-state index in [1.807, 2.05) is 18.2 Å². The number of thiazole rings is 1. The number of nitrogens with two attached hydrogens (primary N) is 1. The first-order chi connectivity index (χ1) is 11.7. The van der Waals surface area contributed by atoms with Crippen molar-refractivity contribution in [1.29, 1.82) is 0 Å². The number of nitrogens with one attached hydrogen (secondary N) is 1. The van der Waals surface area contributed by atoms with Crippen molar-refractivity contribution in [3.8, 4) is 22.1 Å². The van der Waals surface area contributed by atoms with Gasteiger partial charge < -0.3 is 20.5 Å². The van der Waals surface area contributed by atoms with Crippen molar-refractivity contribution in [3.63, 3.8) is 0 Å². The summed E-state index contributed by atoms with van der Waals surface area (Å²) in [5.74, 6) is 1.83. The summed E-state index contributed by atoms with van der Waals surface area (Å²) in [6.45, 7) is 1.58. The van der Waals surface area contributed by atoms with Crippen molar-refractivity contribution in [1.82, 2.24) is 10.3 Å². The molecule has 0 radical (unpaired) electrons. The quantitative estimate of drug-likeness (QED) is 0.780. The van der Waals surface area contributed by atoms with Gasteiger partial charge in [0.1, 0.15) is 23.9 Å². The first-order valence-electron chi connectivity index (χ1n) is 8.11. The van der Waals surface area contributed by atoms with E-state index in [9.17, 15) is 4.79 Å². The molecule has 1 aromatic heterocycles. The van der Waals surface area contributed by atoms with Crippen LogP contribution in [0.15, 0.2) is 23.6 Å². The smallest absolute Gasteiger partial charge is 0.271 e. The molecule has 142 valence electrons. The van der Waals surface area contributed by atoms with E-state index in [4.69, 9.17) is 15.2 Å². The minimum absolute atomic E-state index is 0. The molecule has 0 bridgehead atoms. The first kappa shape index (κ1) is 20.8. The Morgan fingerprint density at radius 1 is 1.27 bits per heavy atom. The highest BCUT2D eigenvalue weighted by Crippen LogP contribution is 2.35. The number of hydrogen-bond donors (Lipinski definition) is 2. The number of halogens is 2. The maximum atomic E-state index is 12.4. The molecule has 1 aliphatic heterocycles. The van der Waals surface area contributed by atoms with Crippen LogP contribution in [0.2, 0.25) is 0 Å². The second-order valence-corrected chi connectivity index (χ2v) is 6.91. The van der Waals surface area contributed by atoms with Crippen LogP contribution in [0.1, 0.15) is 23.3 Å². The number of rotatable bonds is 5. The highest BCUT2D eigenvalue weighted by Gasteiger charge is 2.31. The van der Waals surface area contributed by atoms with Crippen LogP contribution in [-0.2, 0) is 0 Å². The molecule has 2 aliphatic rings. The zero-order valence-corrected chi connectivity index (χ0v) is 16.4. The fourth-order valence-corrected chi connectivity index (χ4v) is 3.59. The van der Waals surface area contributed by atoms with Gasteiger partial charge in [-0.15, -0.1) is 36.2 Å². The van der Waals surface area contributed by atoms with Crippen LogP contribution >= 0.6 is 36.2 Å². The van der Waals surface area contributed by atoms with E-state index in [1.54, 1.807) is 5.38 Å². The maximum Gasteiger partial charge on any atom is 0.271 e. The molecule has 0 saturated heterocycles. The van der Waals surface area contributed by atoms with E-state index in [2.05, 4.69) is 10.3 Å². The Bertz CT molecular complexity index is 767. The van der Waals surface area contributed by atoms with Crippen LogP contribution in [0.25, 0.3) is 10.6 Å². The standard InChI is InChI=1S/C17H19N3O3S.2ClH/c18-8-12(10-1-2-10)19-16(21)13-9-24-17(20-13)11-3-4-14-15(7-11)23-6-5-22-14;;/h3-4,7,9-10,12H,1-2,5-6,8,18H2,(H,19,21);2*1H. The van der Waals surface area contributed by atoms with Gasteiger partial charge in [-0.2, -0.15) is 0 Å². The van der Waals surface area contributed by atoms with Crippen LogP contribution in [0.5, 0.6) is 11.5 Å². The van der Waals surface area contributed by atoms with Crippen LogP contribution in [0.4, 0.5) is 0 Å². The molecule has 2 heterocycles. The predicted molar refractivity (Wildman–Crippen MR) is 106 cm³/mol. The molecule has 4 rings (SSSR count). The normalized spacial score (nSPS) is 16.0. The number of benzene rings is 1. The Kier molecular flexibility index (Phi) is 7.11. The Balaban J connectivity index is 0.00000121. The van der Waals surface area contributed by atoms with Crippen molar-refractivity contribution in [2.45, 2.75) is 18.9 Å². The van der Waals surface area contributed by atoms with Gasteiger partial charge in [-0.1, -0.05) is 0 Å². The lowest BCUT2D eigenvalue weighted by atomic mass is 10.2. The van der Waals surface area contributed by atoms with E-state index in [0.29, 0.717) is 31.4 Å². The molecule has 0 spiro atoms.